The van der Waals surface area contributed by atoms with Crippen LogP contribution in [-0.4, -0.2) is 33.0 Å². The van der Waals surface area contributed by atoms with Gasteiger partial charge in [0.25, 0.3) is 0 Å². The molecular weight excluding hydrogens is 204 g/mol. The molecule has 0 aromatic carbocycles. The maximum atomic E-state index is 5.79. The summed E-state index contributed by atoms with van der Waals surface area (Å²) in [5, 5.41) is 12.7. The first-order chi connectivity index (χ1) is 6.84. The molecule has 3 rings (SSSR count). The lowest BCUT2D eigenvalue weighted by molar-refractivity contribution is 0.00405. The second-order valence-corrected chi connectivity index (χ2v) is 3.61. The molecule has 0 unspecified atom stereocenters. The summed E-state index contributed by atoms with van der Waals surface area (Å²) in [6.45, 7) is 1.38. The van der Waals surface area contributed by atoms with Crippen LogP contribution in [0.2, 0.25) is 5.15 Å². The van der Waals surface area contributed by atoms with Gasteiger partial charge in [-0.1, -0.05) is 11.6 Å². The predicted molar refractivity (Wildman–Crippen MR) is 49.4 cm³/mol. The van der Waals surface area contributed by atoms with Gasteiger partial charge in [0.05, 0.1) is 19.1 Å². The van der Waals surface area contributed by atoms with Crippen LogP contribution in [0.5, 0.6) is 0 Å². The average molecular weight is 211 g/mol. The second-order valence-electron chi connectivity index (χ2n) is 3.22. The van der Waals surface area contributed by atoms with Gasteiger partial charge in [0.2, 0.25) is 0 Å². The zero-order chi connectivity index (χ0) is 9.54. The number of aromatic nitrogens is 4. The summed E-state index contributed by atoms with van der Waals surface area (Å²) in [7, 11) is 0. The van der Waals surface area contributed by atoms with Crippen LogP contribution in [0.1, 0.15) is 11.7 Å². The molecule has 1 fully saturated rings. The Morgan fingerprint density at radius 3 is 2.93 bits per heavy atom. The molecule has 3 heterocycles. The lowest BCUT2D eigenvalue weighted by Crippen LogP contribution is -2.27. The average Bonchev–Trinajstić information content (AvgIpc) is 2.46. The van der Waals surface area contributed by atoms with Crippen LogP contribution in [0.3, 0.4) is 0 Å². The van der Waals surface area contributed by atoms with E-state index >= 15 is 0 Å². The van der Waals surface area contributed by atoms with Crippen LogP contribution >= 0.6 is 11.6 Å². The molecule has 72 valence electrons. The van der Waals surface area contributed by atoms with E-state index in [0.29, 0.717) is 24.3 Å². The lowest BCUT2D eigenvalue weighted by atomic mass is 10.1. The molecule has 2 aromatic heterocycles. The SMILES string of the molecule is Clc1ccc2nnc(C3COC3)n2n1. The van der Waals surface area contributed by atoms with E-state index in [0.717, 1.165) is 11.5 Å². The highest BCUT2D eigenvalue weighted by atomic mass is 35.5. The van der Waals surface area contributed by atoms with E-state index in [1.54, 1.807) is 16.6 Å². The molecular formula is C8H7ClN4O. The minimum atomic E-state index is 0.302. The molecule has 0 saturated carbocycles. The summed E-state index contributed by atoms with van der Waals surface area (Å²) in [5.41, 5.74) is 0.719. The molecule has 14 heavy (non-hydrogen) atoms. The Balaban J connectivity index is 2.18. The molecule has 2 aromatic rings. The van der Waals surface area contributed by atoms with E-state index in [9.17, 15) is 0 Å². The Kier molecular flexibility index (Phi) is 1.68. The molecule has 1 aliphatic rings. The molecule has 0 radical (unpaired) electrons. The number of hydrogen-bond donors (Lipinski definition) is 0. The van der Waals surface area contributed by atoms with E-state index in [1.165, 1.54) is 0 Å². The molecule has 0 aliphatic carbocycles. The zero-order valence-corrected chi connectivity index (χ0v) is 7.98. The number of rotatable bonds is 1. The minimum absolute atomic E-state index is 0.302. The van der Waals surface area contributed by atoms with Gasteiger partial charge in [-0.3, -0.25) is 0 Å². The summed E-state index contributed by atoms with van der Waals surface area (Å²) >= 11 is 5.79. The monoisotopic (exact) mass is 210 g/mol. The Labute approximate surface area is 84.7 Å². The van der Waals surface area contributed by atoms with E-state index in [-0.39, 0.29) is 0 Å². The number of fused-ring (bicyclic) bond motifs is 1. The van der Waals surface area contributed by atoms with E-state index in [2.05, 4.69) is 15.3 Å². The van der Waals surface area contributed by atoms with Crippen molar-refractivity contribution in [2.75, 3.05) is 13.2 Å². The highest BCUT2D eigenvalue weighted by Gasteiger charge is 2.26. The van der Waals surface area contributed by atoms with Crippen LogP contribution in [0.15, 0.2) is 12.1 Å². The van der Waals surface area contributed by atoms with Crippen LogP contribution in [0, 0.1) is 0 Å². The van der Waals surface area contributed by atoms with Crippen molar-refractivity contribution in [3.63, 3.8) is 0 Å². The fourth-order valence-electron chi connectivity index (χ4n) is 1.42. The summed E-state index contributed by atoms with van der Waals surface area (Å²) in [4.78, 5) is 0. The van der Waals surface area contributed by atoms with Crippen molar-refractivity contribution < 1.29 is 4.74 Å². The fraction of sp³-hybridized carbons (Fsp3) is 0.375. The van der Waals surface area contributed by atoms with Crippen molar-refractivity contribution >= 4 is 17.2 Å². The minimum Gasteiger partial charge on any atom is -0.380 e. The molecule has 0 amide bonds. The third-order valence-electron chi connectivity index (χ3n) is 2.26. The molecule has 5 nitrogen and oxygen atoms in total. The molecule has 1 aliphatic heterocycles. The third kappa shape index (κ3) is 1.09. The summed E-state index contributed by atoms with van der Waals surface area (Å²) in [6.07, 6.45) is 0. The number of ether oxygens (including phenoxy) is 1. The van der Waals surface area contributed by atoms with Crippen molar-refractivity contribution in [1.82, 2.24) is 19.8 Å². The summed E-state index contributed by atoms with van der Waals surface area (Å²) in [5.74, 6) is 1.13. The normalized spacial score (nSPS) is 17.2. The maximum Gasteiger partial charge on any atom is 0.178 e. The Morgan fingerprint density at radius 1 is 1.36 bits per heavy atom. The predicted octanol–water partition coefficient (Wildman–Crippen LogP) is 0.891. The zero-order valence-electron chi connectivity index (χ0n) is 7.22. The molecule has 6 heteroatoms. The van der Waals surface area contributed by atoms with Crippen molar-refractivity contribution in [1.29, 1.82) is 0 Å². The van der Waals surface area contributed by atoms with Crippen LogP contribution in [0.4, 0.5) is 0 Å². The Morgan fingerprint density at radius 2 is 2.21 bits per heavy atom. The molecule has 0 bridgehead atoms. The highest BCUT2D eigenvalue weighted by Crippen LogP contribution is 2.22. The van der Waals surface area contributed by atoms with E-state index in [4.69, 9.17) is 16.3 Å². The van der Waals surface area contributed by atoms with E-state index < -0.39 is 0 Å². The Hall–Kier alpha value is -1.20. The highest BCUT2D eigenvalue weighted by molar-refractivity contribution is 6.29. The number of nitrogens with zero attached hydrogens (tertiary/aromatic N) is 4. The van der Waals surface area contributed by atoms with E-state index in [1.807, 2.05) is 0 Å². The first kappa shape index (κ1) is 8.14. The maximum absolute atomic E-state index is 5.79. The standard InChI is InChI=1S/C8H7ClN4O/c9-6-1-2-7-10-11-8(13(7)12-6)5-3-14-4-5/h1-2,5H,3-4H2. The van der Waals surface area contributed by atoms with Crippen molar-refractivity contribution in [3.05, 3.63) is 23.1 Å². The van der Waals surface area contributed by atoms with Crippen molar-refractivity contribution in [2.45, 2.75) is 5.92 Å². The first-order valence-corrected chi connectivity index (χ1v) is 4.68. The number of hydrogen-bond acceptors (Lipinski definition) is 4. The van der Waals surface area contributed by atoms with Gasteiger partial charge in [0.15, 0.2) is 11.5 Å². The molecule has 0 spiro atoms. The molecule has 0 atom stereocenters. The van der Waals surface area contributed by atoms with Gasteiger partial charge >= 0.3 is 0 Å². The van der Waals surface area contributed by atoms with Crippen LogP contribution < -0.4 is 0 Å². The quantitative estimate of drug-likeness (QED) is 0.702. The van der Waals surface area contributed by atoms with Gasteiger partial charge in [0, 0.05) is 0 Å². The lowest BCUT2D eigenvalue weighted by Gasteiger charge is -2.23. The first-order valence-electron chi connectivity index (χ1n) is 4.30. The van der Waals surface area contributed by atoms with Gasteiger partial charge in [-0.15, -0.1) is 10.2 Å². The fourth-order valence-corrected chi connectivity index (χ4v) is 1.56. The summed E-state index contributed by atoms with van der Waals surface area (Å²) in [6, 6.07) is 3.50. The van der Waals surface area contributed by atoms with Gasteiger partial charge in [-0.05, 0) is 12.1 Å². The van der Waals surface area contributed by atoms with Crippen molar-refractivity contribution in [3.8, 4) is 0 Å². The van der Waals surface area contributed by atoms with Gasteiger partial charge in [-0.25, -0.2) is 0 Å². The number of halogens is 1. The van der Waals surface area contributed by atoms with Gasteiger partial charge < -0.3 is 4.74 Å². The largest absolute Gasteiger partial charge is 0.380 e. The van der Waals surface area contributed by atoms with Crippen LogP contribution in [0.25, 0.3) is 5.65 Å². The van der Waals surface area contributed by atoms with Crippen molar-refractivity contribution in [2.24, 2.45) is 0 Å². The topological polar surface area (TPSA) is 52.3 Å². The molecule has 1 saturated heterocycles. The summed E-state index contributed by atoms with van der Waals surface area (Å²) < 4.78 is 6.77. The third-order valence-corrected chi connectivity index (χ3v) is 2.46. The Bertz CT molecular complexity index is 479. The second kappa shape index (κ2) is 2.90. The van der Waals surface area contributed by atoms with Crippen LogP contribution in [-0.2, 0) is 4.74 Å². The van der Waals surface area contributed by atoms with Gasteiger partial charge in [0.1, 0.15) is 5.15 Å². The molecule has 0 N–H and O–H groups in total. The van der Waals surface area contributed by atoms with Gasteiger partial charge in [-0.2, -0.15) is 9.61 Å². The smallest absolute Gasteiger partial charge is 0.178 e.